The van der Waals surface area contributed by atoms with Crippen molar-refractivity contribution in [2.24, 2.45) is 11.8 Å². The number of hydrogen-bond donors (Lipinski definition) is 0. The van der Waals surface area contributed by atoms with Crippen LogP contribution >= 0.6 is 0 Å². The van der Waals surface area contributed by atoms with E-state index in [1.54, 1.807) is 0 Å². The van der Waals surface area contributed by atoms with Gasteiger partial charge in [-0.1, -0.05) is 62.6 Å². The van der Waals surface area contributed by atoms with Crippen LogP contribution in [0.2, 0.25) is 0 Å². The first-order chi connectivity index (χ1) is 19.4. The number of imide groups is 1. The van der Waals surface area contributed by atoms with Crippen molar-refractivity contribution in [1.29, 1.82) is 0 Å². The van der Waals surface area contributed by atoms with Gasteiger partial charge in [-0.3, -0.25) is 4.79 Å². The van der Waals surface area contributed by atoms with E-state index in [9.17, 15) is 9.59 Å². The SMILES string of the molecule is C#CCOC(=O)N1Cc2c(c3c4ccccc4n4c3c3c2c2ccccc2n3[C@@]2(C)O[C@@H]4C[C@@H](CC)[C@H]2C)C1=O. The summed E-state index contributed by atoms with van der Waals surface area (Å²) in [7, 11) is 0. The van der Waals surface area contributed by atoms with Crippen molar-refractivity contribution < 1.29 is 19.1 Å². The summed E-state index contributed by atoms with van der Waals surface area (Å²) in [5, 5.41) is 3.91. The number of terminal acetylenes is 1. The Kier molecular flexibility index (Phi) is 4.66. The zero-order valence-corrected chi connectivity index (χ0v) is 22.7. The largest absolute Gasteiger partial charge is 0.436 e. The minimum absolute atomic E-state index is 0.131. The summed E-state index contributed by atoms with van der Waals surface area (Å²) in [5.41, 5.74) is 4.96. The Morgan fingerprint density at radius 1 is 1.10 bits per heavy atom. The highest BCUT2D eigenvalue weighted by atomic mass is 16.6. The Morgan fingerprint density at radius 3 is 2.52 bits per heavy atom. The van der Waals surface area contributed by atoms with Crippen LogP contribution in [0.4, 0.5) is 4.79 Å². The van der Waals surface area contributed by atoms with Gasteiger partial charge < -0.3 is 18.6 Å². The second kappa shape index (κ2) is 7.89. The third-order valence-electron chi connectivity index (χ3n) is 9.83. The molecule has 1 saturated heterocycles. The van der Waals surface area contributed by atoms with Crippen molar-refractivity contribution in [3.63, 3.8) is 0 Å². The number of ether oxygens (including phenoxy) is 2. The molecule has 2 amide bonds. The Labute approximate surface area is 231 Å². The predicted octanol–water partition coefficient (Wildman–Crippen LogP) is 6.90. The summed E-state index contributed by atoms with van der Waals surface area (Å²) in [6.07, 6.45) is 6.37. The first-order valence-corrected chi connectivity index (χ1v) is 14.0. The van der Waals surface area contributed by atoms with Gasteiger partial charge in [-0.05, 0) is 37.0 Å². The average molecular weight is 532 g/mol. The molecule has 1 fully saturated rings. The number of rotatable bonds is 2. The molecule has 0 radical (unpaired) electrons. The molecule has 2 bridgehead atoms. The molecule has 200 valence electrons. The van der Waals surface area contributed by atoms with Gasteiger partial charge in [0.2, 0.25) is 0 Å². The van der Waals surface area contributed by atoms with Crippen LogP contribution in [0, 0.1) is 24.2 Å². The van der Waals surface area contributed by atoms with Crippen LogP contribution in [0.25, 0.3) is 43.6 Å². The van der Waals surface area contributed by atoms with Crippen molar-refractivity contribution in [3.8, 4) is 12.3 Å². The maximum absolute atomic E-state index is 14.1. The number of carbonyl (C=O) groups is 2. The molecule has 3 aliphatic heterocycles. The first kappa shape index (κ1) is 23.6. The van der Waals surface area contributed by atoms with Gasteiger partial charge >= 0.3 is 6.09 Å². The molecule has 0 unspecified atom stereocenters. The molecule has 0 N–H and O–H groups in total. The summed E-state index contributed by atoms with van der Waals surface area (Å²) in [4.78, 5) is 28.4. The van der Waals surface area contributed by atoms with E-state index >= 15 is 0 Å². The van der Waals surface area contributed by atoms with Crippen LogP contribution in [0.3, 0.4) is 0 Å². The molecule has 5 heterocycles. The smallest absolute Gasteiger partial charge is 0.418 e. The lowest BCUT2D eigenvalue weighted by Crippen LogP contribution is -2.48. The second-order valence-corrected chi connectivity index (χ2v) is 11.5. The average Bonchev–Trinajstić information content (AvgIpc) is 3.59. The van der Waals surface area contributed by atoms with Gasteiger partial charge in [0.25, 0.3) is 5.91 Å². The summed E-state index contributed by atoms with van der Waals surface area (Å²) in [6.45, 7) is 6.74. The van der Waals surface area contributed by atoms with E-state index in [0.29, 0.717) is 11.5 Å². The number of carbonyl (C=O) groups excluding carboxylic acids is 2. The fourth-order valence-electron chi connectivity index (χ4n) is 7.91. The minimum Gasteiger partial charge on any atom is -0.436 e. The van der Waals surface area contributed by atoms with E-state index < -0.39 is 11.8 Å². The highest BCUT2D eigenvalue weighted by molar-refractivity contribution is 6.31. The lowest BCUT2D eigenvalue weighted by molar-refractivity contribution is -0.234. The number of amides is 2. The van der Waals surface area contributed by atoms with Gasteiger partial charge in [0.15, 0.2) is 6.61 Å². The molecule has 3 aromatic carbocycles. The standard InChI is InChI=1S/C33H29N3O4/c1-5-15-39-32(38)34-17-22-26-21-12-8-10-14-24(21)36-30(26)29-27(28(22)31(34)37)20-11-7-9-13-23(20)35(29)25-16-19(6-2)18(3)33(36,4)40-25/h1,7-14,18-19,25H,6,15-17H2,2-4H3/t18-,19-,25-,33+/m1/s1. The molecule has 4 atom stereocenters. The molecule has 3 aliphatic rings. The Balaban J connectivity index is 1.60. The normalized spacial score (nSPS) is 25.2. The lowest BCUT2D eigenvalue weighted by atomic mass is 9.78. The predicted molar refractivity (Wildman–Crippen MR) is 154 cm³/mol. The lowest BCUT2D eigenvalue weighted by Gasteiger charge is -2.48. The molecule has 0 spiro atoms. The van der Waals surface area contributed by atoms with Gasteiger partial charge in [0, 0.05) is 27.5 Å². The van der Waals surface area contributed by atoms with Crippen LogP contribution in [-0.2, 0) is 21.7 Å². The highest BCUT2D eigenvalue weighted by Gasteiger charge is 2.51. The maximum atomic E-state index is 14.1. The molecule has 40 heavy (non-hydrogen) atoms. The van der Waals surface area contributed by atoms with E-state index in [-0.39, 0.29) is 31.2 Å². The zero-order valence-electron chi connectivity index (χ0n) is 22.7. The number of nitrogens with zero attached hydrogens (tertiary/aromatic N) is 3. The third kappa shape index (κ3) is 2.65. The number of fused-ring (bicyclic) bond motifs is 13. The summed E-state index contributed by atoms with van der Waals surface area (Å²) in [5.74, 6) is 2.69. The molecule has 7 nitrogen and oxygen atoms in total. The van der Waals surface area contributed by atoms with Crippen molar-refractivity contribution in [1.82, 2.24) is 14.0 Å². The first-order valence-electron chi connectivity index (χ1n) is 14.0. The zero-order chi connectivity index (χ0) is 27.5. The summed E-state index contributed by atoms with van der Waals surface area (Å²) in [6, 6.07) is 16.6. The van der Waals surface area contributed by atoms with Crippen molar-refractivity contribution in [2.75, 3.05) is 6.61 Å². The van der Waals surface area contributed by atoms with Crippen LogP contribution in [-0.4, -0.2) is 32.6 Å². The van der Waals surface area contributed by atoms with E-state index in [1.165, 1.54) is 4.90 Å². The monoisotopic (exact) mass is 531 g/mol. The Bertz CT molecular complexity index is 1990. The molecule has 8 rings (SSSR count). The molecule has 5 aromatic rings. The number of hydrogen-bond acceptors (Lipinski definition) is 4. The Hall–Kier alpha value is -4.28. The van der Waals surface area contributed by atoms with Gasteiger partial charge in [0.05, 0.1) is 34.2 Å². The van der Waals surface area contributed by atoms with Crippen molar-refractivity contribution >= 4 is 55.6 Å². The minimum atomic E-state index is -0.716. The van der Waals surface area contributed by atoms with E-state index in [1.807, 2.05) is 18.2 Å². The van der Waals surface area contributed by atoms with Gasteiger partial charge in [-0.15, -0.1) is 6.42 Å². The molecule has 2 aromatic heterocycles. The fourth-order valence-corrected chi connectivity index (χ4v) is 7.91. The quantitative estimate of drug-likeness (QED) is 0.233. The fraction of sp³-hybridized carbons (Fsp3) is 0.333. The van der Waals surface area contributed by atoms with Crippen molar-refractivity contribution in [3.05, 3.63) is 59.7 Å². The highest BCUT2D eigenvalue weighted by Crippen LogP contribution is 2.56. The van der Waals surface area contributed by atoms with Gasteiger partial charge in [-0.2, -0.15) is 0 Å². The number of para-hydroxylation sites is 2. The van der Waals surface area contributed by atoms with E-state index in [0.717, 1.165) is 62.0 Å². The molecule has 0 saturated carbocycles. The number of aromatic nitrogens is 2. The van der Waals surface area contributed by atoms with Crippen molar-refractivity contribution in [2.45, 2.75) is 52.1 Å². The van der Waals surface area contributed by atoms with Gasteiger partial charge in [0.1, 0.15) is 12.0 Å². The summed E-state index contributed by atoms with van der Waals surface area (Å²) < 4.78 is 17.1. The maximum Gasteiger partial charge on any atom is 0.418 e. The number of benzene rings is 3. The molecular weight excluding hydrogens is 502 g/mol. The van der Waals surface area contributed by atoms with Crippen LogP contribution in [0.5, 0.6) is 0 Å². The molecule has 7 heteroatoms. The second-order valence-electron chi connectivity index (χ2n) is 11.5. The van der Waals surface area contributed by atoms with E-state index in [4.69, 9.17) is 15.9 Å². The third-order valence-corrected chi connectivity index (χ3v) is 9.83. The topological polar surface area (TPSA) is 65.7 Å². The molecule has 0 aliphatic carbocycles. The van der Waals surface area contributed by atoms with Crippen LogP contribution in [0.15, 0.2) is 48.5 Å². The summed E-state index contributed by atoms with van der Waals surface area (Å²) >= 11 is 0. The molecular formula is C33H29N3O4. The van der Waals surface area contributed by atoms with Crippen LogP contribution in [0.1, 0.15) is 55.8 Å². The van der Waals surface area contributed by atoms with E-state index in [2.05, 4.69) is 66.2 Å². The Morgan fingerprint density at radius 2 is 1.80 bits per heavy atom. The van der Waals surface area contributed by atoms with Crippen LogP contribution < -0.4 is 0 Å². The van der Waals surface area contributed by atoms with Gasteiger partial charge in [-0.25, -0.2) is 9.69 Å².